The molecule has 0 N–H and O–H groups in total. The molecule has 1 aliphatic heterocycles. The molecular formula is C23H31N3O3. The molecule has 2 fully saturated rings. The number of likely N-dealkylation sites (tertiary alicyclic amines) is 1. The van der Waals surface area contributed by atoms with Crippen molar-refractivity contribution in [1.29, 1.82) is 0 Å². The number of ether oxygens (including phenoxy) is 2. The number of hydrogen-bond donors (Lipinski definition) is 0. The number of aromatic nitrogens is 2. The van der Waals surface area contributed by atoms with E-state index in [4.69, 9.17) is 9.47 Å². The molecule has 0 radical (unpaired) electrons. The van der Waals surface area contributed by atoms with Crippen LogP contribution in [0.5, 0.6) is 11.5 Å². The van der Waals surface area contributed by atoms with Gasteiger partial charge in [-0.2, -0.15) is 5.10 Å². The van der Waals surface area contributed by atoms with Crippen molar-refractivity contribution < 1.29 is 14.3 Å². The molecule has 1 saturated heterocycles. The molecule has 4 rings (SSSR count). The topological polar surface area (TPSA) is 56.6 Å². The number of benzene rings is 1. The highest BCUT2D eigenvalue weighted by molar-refractivity contribution is 5.93. The van der Waals surface area contributed by atoms with Gasteiger partial charge in [0, 0.05) is 26.3 Å². The van der Waals surface area contributed by atoms with E-state index in [1.165, 1.54) is 18.4 Å². The first kappa shape index (κ1) is 19.8. The van der Waals surface area contributed by atoms with Crippen molar-refractivity contribution in [2.45, 2.75) is 51.0 Å². The molecular weight excluding hydrogens is 366 g/mol. The maximum Gasteiger partial charge on any atom is 0.257 e. The monoisotopic (exact) mass is 397 g/mol. The Morgan fingerprint density at radius 1 is 1.14 bits per heavy atom. The Bertz CT molecular complexity index is 834. The van der Waals surface area contributed by atoms with Crippen molar-refractivity contribution in [3.8, 4) is 11.5 Å². The lowest BCUT2D eigenvalue weighted by Gasteiger charge is -2.32. The van der Waals surface area contributed by atoms with Crippen LogP contribution in [0.15, 0.2) is 30.6 Å². The van der Waals surface area contributed by atoms with Crippen LogP contribution in [0.4, 0.5) is 0 Å². The van der Waals surface area contributed by atoms with E-state index in [1.54, 1.807) is 24.2 Å². The van der Waals surface area contributed by atoms with E-state index in [0.29, 0.717) is 17.6 Å². The normalized spacial score (nSPS) is 18.2. The Hall–Kier alpha value is -2.50. The molecule has 0 spiro atoms. The minimum Gasteiger partial charge on any atom is -0.493 e. The van der Waals surface area contributed by atoms with Crippen LogP contribution >= 0.6 is 0 Å². The Balaban J connectivity index is 1.34. The average Bonchev–Trinajstić information content (AvgIpc) is 3.40. The number of methoxy groups -OCH3 is 1. The van der Waals surface area contributed by atoms with E-state index in [9.17, 15) is 4.79 Å². The lowest BCUT2D eigenvalue weighted by atomic mass is 9.90. The first-order valence-corrected chi connectivity index (χ1v) is 10.7. The molecule has 6 nitrogen and oxygen atoms in total. The molecule has 29 heavy (non-hydrogen) atoms. The first-order chi connectivity index (χ1) is 14.1. The zero-order chi connectivity index (χ0) is 20.2. The predicted octanol–water partition coefficient (Wildman–Crippen LogP) is 3.85. The minimum atomic E-state index is 0.0910. The standard InChI is InChI=1S/C23H31N3O3/c1-25-16-19(15-24-25)23(27)26-11-9-17(10-12-26)13-18-7-8-21(28-2)22(14-18)29-20-5-3-4-6-20/h7-8,14-17,20H,3-6,9-13H2,1-2H3. The molecule has 1 aromatic heterocycles. The molecule has 0 bridgehead atoms. The molecule has 1 saturated carbocycles. The number of rotatable bonds is 6. The molecule has 1 amide bonds. The second-order valence-electron chi connectivity index (χ2n) is 8.35. The van der Waals surface area contributed by atoms with Crippen LogP contribution < -0.4 is 9.47 Å². The summed E-state index contributed by atoms with van der Waals surface area (Å²) in [4.78, 5) is 14.6. The quantitative estimate of drug-likeness (QED) is 0.743. The van der Waals surface area contributed by atoms with Crippen LogP contribution in [0.1, 0.15) is 54.4 Å². The third kappa shape index (κ3) is 4.74. The van der Waals surface area contributed by atoms with Gasteiger partial charge in [-0.05, 0) is 68.6 Å². The maximum absolute atomic E-state index is 12.6. The number of amides is 1. The molecule has 0 unspecified atom stereocenters. The highest BCUT2D eigenvalue weighted by Crippen LogP contribution is 2.34. The van der Waals surface area contributed by atoms with Crippen LogP contribution in [0, 0.1) is 5.92 Å². The molecule has 2 heterocycles. The fraction of sp³-hybridized carbons (Fsp3) is 0.565. The van der Waals surface area contributed by atoms with Gasteiger partial charge in [0.25, 0.3) is 5.91 Å². The third-order valence-corrected chi connectivity index (χ3v) is 6.20. The van der Waals surface area contributed by atoms with Gasteiger partial charge in [-0.1, -0.05) is 6.07 Å². The van der Waals surface area contributed by atoms with E-state index < -0.39 is 0 Å². The average molecular weight is 398 g/mol. The van der Waals surface area contributed by atoms with Crippen molar-refractivity contribution in [1.82, 2.24) is 14.7 Å². The molecule has 6 heteroatoms. The molecule has 2 aliphatic rings. The van der Waals surface area contributed by atoms with E-state index in [-0.39, 0.29) is 5.91 Å². The predicted molar refractivity (Wildman–Crippen MR) is 111 cm³/mol. The summed E-state index contributed by atoms with van der Waals surface area (Å²) in [5, 5.41) is 4.11. The summed E-state index contributed by atoms with van der Waals surface area (Å²) in [6.45, 7) is 1.61. The van der Waals surface area contributed by atoms with Crippen molar-refractivity contribution in [2.24, 2.45) is 13.0 Å². The SMILES string of the molecule is COc1ccc(CC2CCN(C(=O)c3cnn(C)c3)CC2)cc1OC1CCCC1. The van der Waals surface area contributed by atoms with Crippen molar-refractivity contribution >= 4 is 5.91 Å². The minimum absolute atomic E-state index is 0.0910. The molecule has 156 valence electrons. The zero-order valence-corrected chi connectivity index (χ0v) is 17.5. The van der Waals surface area contributed by atoms with Gasteiger partial charge >= 0.3 is 0 Å². The van der Waals surface area contributed by atoms with E-state index in [0.717, 1.165) is 56.7 Å². The Labute approximate surface area is 172 Å². The zero-order valence-electron chi connectivity index (χ0n) is 17.5. The maximum atomic E-state index is 12.6. The molecule has 0 atom stereocenters. The highest BCUT2D eigenvalue weighted by atomic mass is 16.5. The summed E-state index contributed by atoms with van der Waals surface area (Å²) >= 11 is 0. The third-order valence-electron chi connectivity index (χ3n) is 6.20. The van der Waals surface area contributed by atoms with E-state index >= 15 is 0 Å². The van der Waals surface area contributed by atoms with Crippen molar-refractivity contribution in [2.75, 3.05) is 20.2 Å². The number of aryl methyl sites for hydroxylation is 1. The number of carbonyl (C=O) groups is 1. The highest BCUT2D eigenvalue weighted by Gasteiger charge is 2.25. The van der Waals surface area contributed by atoms with Crippen LogP contribution in [-0.4, -0.2) is 46.9 Å². The molecule has 1 aromatic carbocycles. The Morgan fingerprint density at radius 3 is 2.55 bits per heavy atom. The van der Waals surface area contributed by atoms with Gasteiger partial charge in [0.15, 0.2) is 11.5 Å². The number of hydrogen-bond acceptors (Lipinski definition) is 4. The van der Waals surface area contributed by atoms with Crippen LogP contribution in [0.3, 0.4) is 0 Å². The van der Waals surface area contributed by atoms with Crippen LogP contribution in [0.2, 0.25) is 0 Å². The summed E-state index contributed by atoms with van der Waals surface area (Å²) < 4.78 is 13.4. The number of nitrogens with zero attached hydrogens (tertiary/aromatic N) is 3. The van der Waals surface area contributed by atoms with Gasteiger partial charge < -0.3 is 14.4 Å². The Morgan fingerprint density at radius 2 is 1.90 bits per heavy atom. The summed E-state index contributed by atoms with van der Waals surface area (Å²) in [5.41, 5.74) is 1.96. The number of carbonyl (C=O) groups excluding carboxylic acids is 1. The summed E-state index contributed by atoms with van der Waals surface area (Å²) in [7, 11) is 3.54. The lowest BCUT2D eigenvalue weighted by Crippen LogP contribution is -2.38. The lowest BCUT2D eigenvalue weighted by molar-refractivity contribution is 0.0690. The number of piperidine rings is 1. The summed E-state index contributed by atoms with van der Waals surface area (Å²) in [6, 6.07) is 6.33. The van der Waals surface area contributed by atoms with Gasteiger partial charge in [-0.25, -0.2) is 0 Å². The van der Waals surface area contributed by atoms with Crippen molar-refractivity contribution in [3.05, 3.63) is 41.7 Å². The fourth-order valence-corrected chi connectivity index (χ4v) is 4.51. The van der Waals surface area contributed by atoms with Crippen LogP contribution in [-0.2, 0) is 13.5 Å². The van der Waals surface area contributed by atoms with Gasteiger partial charge in [0.05, 0.1) is 25.0 Å². The van der Waals surface area contributed by atoms with Gasteiger partial charge in [0.2, 0.25) is 0 Å². The van der Waals surface area contributed by atoms with Gasteiger partial charge in [0.1, 0.15) is 0 Å². The second-order valence-corrected chi connectivity index (χ2v) is 8.35. The molecule has 1 aliphatic carbocycles. The van der Waals surface area contributed by atoms with E-state index in [1.807, 2.05) is 18.0 Å². The van der Waals surface area contributed by atoms with Crippen LogP contribution in [0.25, 0.3) is 0 Å². The van der Waals surface area contributed by atoms with E-state index in [2.05, 4.69) is 17.2 Å². The fourth-order valence-electron chi connectivity index (χ4n) is 4.51. The molecule has 2 aromatic rings. The van der Waals surface area contributed by atoms with Gasteiger partial charge in [-0.3, -0.25) is 9.48 Å². The first-order valence-electron chi connectivity index (χ1n) is 10.7. The summed E-state index contributed by atoms with van der Waals surface area (Å²) in [6.07, 6.45) is 11.6. The van der Waals surface area contributed by atoms with Gasteiger partial charge in [-0.15, -0.1) is 0 Å². The second kappa shape index (κ2) is 8.89. The smallest absolute Gasteiger partial charge is 0.257 e. The largest absolute Gasteiger partial charge is 0.493 e. The van der Waals surface area contributed by atoms with Crippen molar-refractivity contribution in [3.63, 3.8) is 0 Å². The Kier molecular flexibility index (Phi) is 6.07. The summed E-state index contributed by atoms with van der Waals surface area (Å²) in [5.74, 6) is 2.37.